The van der Waals surface area contributed by atoms with Crippen LogP contribution in [-0.2, 0) is 4.79 Å². The van der Waals surface area contributed by atoms with Gasteiger partial charge in [0.1, 0.15) is 0 Å². The zero-order chi connectivity index (χ0) is 10.7. The highest BCUT2D eigenvalue weighted by molar-refractivity contribution is 5.74. The molecular weight excluding hydrogens is 186 g/mol. The fourth-order valence-electron chi connectivity index (χ4n) is 3.72. The number of primary amides is 1. The molecule has 2 saturated carbocycles. The predicted molar refractivity (Wildman–Crippen MR) is 61.2 cm³/mol. The second-order valence-electron chi connectivity index (χ2n) is 5.42. The molecule has 0 saturated heterocycles. The SMILES string of the molecule is NC(=O)CC(C1CCCC1)C1CCCC1. The van der Waals surface area contributed by atoms with Crippen LogP contribution in [0.1, 0.15) is 57.8 Å². The Hall–Kier alpha value is -0.530. The van der Waals surface area contributed by atoms with Gasteiger partial charge >= 0.3 is 0 Å². The monoisotopic (exact) mass is 209 g/mol. The van der Waals surface area contributed by atoms with Crippen LogP contribution in [0.25, 0.3) is 0 Å². The molecule has 0 aromatic carbocycles. The first-order valence-electron chi connectivity index (χ1n) is 6.55. The molecule has 0 aromatic heterocycles. The Kier molecular flexibility index (Phi) is 3.66. The van der Waals surface area contributed by atoms with Gasteiger partial charge in [0.15, 0.2) is 0 Å². The molecule has 0 unspecified atom stereocenters. The molecule has 86 valence electrons. The first-order chi connectivity index (χ1) is 7.27. The molecular formula is C13H23NO. The maximum atomic E-state index is 11.1. The van der Waals surface area contributed by atoms with Gasteiger partial charge in [-0.15, -0.1) is 0 Å². The number of nitrogens with two attached hydrogens (primary N) is 1. The standard InChI is InChI=1S/C13H23NO/c14-13(15)9-12(10-5-1-2-6-10)11-7-3-4-8-11/h10-12H,1-9H2,(H2,14,15). The normalized spacial score (nSPS) is 24.1. The Morgan fingerprint density at radius 3 is 1.73 bits per heavy atom. The van der Waals surface area contributed by atoms with E-state index in [0.717, 1.165) is 11.8 Å². The molecule has 15 heavy (non-hydrogen) atoms. The zero-order valence-corrected chi connectivity index (χ0v) is 9.58. The van der Waals surface area contributed by atoms with Crippen molar-refractivity contribution in [3.63, 3.8) is 0 Å². The average molecular weight is 209 g/mol. The predicted octanol–water partition coefficient (Wildman–Crippen LogP) is 2.86. The fourth-order valence-corrected chi connectivity index (χ4v) is 3.72. The number of hydrogen-bond acceptors (Lipinski definition) is 1. The summed E-state index contributed by atoms with van der Waals surface area (Å²) in [7, 11) is 0. The van der Waals surface area contributed by atoms with E-state index >= 15 is 0 Å². The number of hydrogen-bond donors (Lipinski definition) is 1. The lowest BCUT2D eigenvalue weighted by Crippen LogP contribution is -2.26. The van der Waals surface area contributed by atoms with Gasteiger partial charge in [0, 0.05) is 6.42 Å². The molecule has 0 aromatic rings. The van der Waals surface area contributed by atoms with Crippen LogP contribution in [0.3, 0.4) is 0 Å². The summed E-state index contributed by atoms with van der Waals surface area (Å²) in [6, 6.07) is 0. The van der Waals surface area contributed by atoms with Crippen LogP contribution in [0.2, 0.25) is 0 Å². The van der Waals surface area contributed by atoms with Crippen LogP contribution in [0, 0.1) is 17.8 Å². The van der Waals surface area contributed by atoms with Crippen LogP contribution < -0.4 is 5.73 Å². The van der Waals surface area contributed by atoms with Gasteiger partial charge in [0.2, 0.25) is 5.91 Å². The van der Waals surface area contributed by atoms with E-state index in [1.165, 1.54) is 51.4 Å². The Labute approximate surface area is 92.6 Å². The molecule has 0 bridgehead atoms. The largest absolute Gasteiger partial charge is 0.370 e. The minimum atomic E-state index is -0.0844. The van der Waals surface area contributed by atoms with Gasteiger partial charge in [-0.2, -0.15) is 0 Å². The maximum absolute atomic E-state index is 11.1. The van der Waals surface area contributed by atoms with E-state index in [4.69, 9.17) is 5.73 Å². The van der Waals surface area contributed by atoms with E-state index < -0.39 is 0 Å². The van der Waals surface area contributed by atoms with Gasteiger partial charge in [0.05, 0.1) is 0 Å². The summed E-state index contributed by atoms with van der Waals surface area (Å²) >= 11 is 0. The highest BCUT2D eigenvalue weighted by Gasteiger charge is 2.33. The van der Waals surface area contributed by atoms with Crippen LogP contribution in [0.5, 0.6) is 0 Å². The molecule has 0 spiro atoms. The van der Waals surface area contributed by atoms with Crippen LogP contribution in [-0.4, -0.2) is 5.91 Å². The number of carbonyl (C=O) groups is 1. The number of rotatable bonds is 4. The van der Waals surface area contributed by atoms with Crippen molar-refractivity contribution in [2.45, 2.75) is 57.8 Å². The minimum absolute atomic E-state index is 0.0844. The van der Waals surface area contributed by atoms with Gasteiger partial charge in [-0.3, -0.25) is 4.79 Å². The van der Waals surface area contributed by atoms with Gasteiger partial charge in [-0.25, -0.2) is 0 Å². The van der Waals surface area contributed by atoms with E-state index in [1.54, 1.807) is 0 Å². The third kappa shape index (κ3) is 2.73. The third-order valence-electron chi connectivity index (χ3n) is 4.45. The van der Waals surface area contributed by atoms with Crippen molar-refractivity contribution < 1.29 is 4.79 Å². The molecule has 2 heteroatoms. The molecule has 0 radical (unpaired) electrons. The van der Waals surface area contributed by atoms with Crippen LogP contribution >= 0.6 is 0 Å². The van der Waals surface area contributed by atoms with Gasteiger partial charge < -0.3 is 5.73 Å². The summed E-state index contributed by atoms with van der Waals surface area (Å²) in [5, 5.41) is 0. The highest BCUT2D eigenvalue weighted by atomic mass is 16.1. The molecule has 2 fully saturated rings. The van der Waals surface area contributed by atoms with Gasteiger partial charge in [0.25, 0.3) is 0 Å². The number of amides is 1. The summed E-state index contributed by atoms with van der Waals surface area (Å²) in [6.07, 6.45) is 11.5. The zero-order valence-electron chi connectivity index (χ0n) is 9.58. The molecule has 2 N–H and O–H groups in total. The summed E-state index contributed by atoms with van der Waals surface area (Å²) in [5.74, 6) is 2.15. The Bertz CT molecular complexity index is 199. The molecule has 2 nitrogen and oxygen atoms in total. The first-order valence-corrected chi connectivity index (χ1v) is 6.55. The maximum Gasteiger partial charge on any atom is 0.217 e. The van der Waals surface area contributed by atoms with Gasteiger partial charge in [-0.1, -0.05) is 51.4 Å². The Balaban J connectivity index is 1.97. The van der Waals surface area contributed by atoms with Crippen LogP contribution in [0.15, 0.2) is 0 Å². The summed E-state index contributed by atoms with van der Waals surface area (Å²) in [6.45, 7) is 0. The smallest absolute Gasteiger partial charge is 0.217 e. The topological polar surface area (TPSA) is 43.1 Å². The molecule has 0 aliphatic heterocycles. The molecule has 0 atom stereocenters. The second-order valence-corrected chi connectivity index (χ2v) is 5.42. The van der Waals surface area contributed by atoms with E-state index in [-0.39, 0.29) is 5.91 Å². The van der Waals surface area contributed by atoms with Crippen molar-refractivity contribution in [1.29, 1.82) is 0 Å². The summed E-state index contributed by atoms with van der Waals surface area (Å²) in [5.41, 5.74) is 5.39. The minimum Gasteiger partial charge on any atom is -0.370 e. The summed E-state index contributed by atoms with van der Waals surface area (Å²) < 4.78 is 0. The molecule has 2 aliphatic carbocycles. The number of carbonyl (C=O) groups excluding carboxylic acids is 1. The first kappa shape index (κ1) is 11.0. The lowest BCUT2D eigenvalue weighted by molar-refractivity contribution is -0.119. The van der Waals surface area contributed by atoms with E-state index in [9.17, 15) is 4.79 Å². The Morgan fingerprint density at radius 1 is 1.00 bits per heavy atom. The highest BCUT2D eigenvalue weighted by Crippen LogP contribution is 2.43. The Morgan fingerprint density at radius 2 is 1.40 bits per heavy atom. The molecule has 1 amide bonds. The van der Waals surface area contributed by atoms with E-state index in [1.807, 2.05) is 0 Å². The molecule has 2 rings (SSSR count). The summed E-state index contributed by atoms with van der Waals surface area (Å²) in [4.78, 5) is 11.1. The molecule has 0 heterocycles. The van der Waals surface area contributed by atoms with E-state index in [2.05, 4.69) is 0 Å². The molecule has 2 aliphatic rings. The lowest BCUT2D eigenvalue weighted by Gasteiger charge is -2.28. The van der Waals surface area contributed by atoms with Crippen molar-refractivity contribution in [3.05, 3.63) is 0 Å². The van der Waals surface area contributed by atoms with E-state index in [0.29, 0.717) is 12.3 Å². The van der Waals surface area contributed by atoms with Gasteiger partial charge in [-0.05, 0) is 17.8 Å². The average Bonchev–Trinajstić information content (AvgIpc) is 2.87. The van der Waals surface area contributed by atoms with Crippen molar-refractivity contribution in [3.8, 4) is 0 Å². The van der Waals surface area contributed by atoms with Crippen molar-refractivity contribution in [2.75, 3.05) is 0 Å². The second kappa shape index (κ2) is 5.00. The van der Waals surface area contributed by atoms with Crippen molar-refractivity contribution in [1.82, 2.24) is 0 Å². The van der Waals surface area contributed by atoms with Crippen LogP contribution in [0.4, 0.5) is 0 Å². The quantitative estimate of drug-likeness (QED) is 0.760. The third-order valence-corrected chi connectivity index (χ3v) is 4.45. The van der Waals surface area contributed by atoms with Crippen molar-refractivity contribution in [2.24, 2.45) is 23.5 Å². The lowest BCUT2D eigenvalue weighted by atomic mass is 9.77. The van der Waals surface area contributed by atoms with Crippen molar-refractivity contribution >= 4 is 5.91 Å². The fraction of sp³-hybridized carbons (Fsp3) is 0.923.